The van der Waals surface area contributed by atoms with E-state index in [-0.39, 0.29) is 6.29 Å². The summed E-state index contributed by atoms with van der Waals surface area (Å²) < 4.78 is 21.0. The summed E-state index contributed by atoms with van der Waals surface area (Å²) in [6, 6.07) is 0. The molecule has 0 saturated carbocycles. The van der Waals surface area contributed by atoms with Crippen molar-refractivity contribution >= 4 is 8.69 Å². The van der Waals surface area contributed by atoms with Gasteiger partial charge in [-0.1, -0.05) is 84.0 Å². The summed E-state index contributed by atoms with van der Waals surface area (Å²) in [6.45, 7) is 3.21. The number of nitrogens with two attached hydrogens (primary N) is 1. The van der Waals surface area contributed by atoms with Crippen LogP contribution in [-0.2, 0) is 13.8 Å². The first-order chi connectivity index (χ1) is 11.3. The van der Waals surface area contributed by atoms with Crippen LogP contribution in [0.4, 0.5) is 0 Å². The number of rotatable bonds is 19. The Labute approximate surface area is 145 Å². The molecule has 0 rings (SSSR count). The van der Waals surface area contributed by atoms with Crippen LogP contribution in [0.15, 0.2) is 0 Å². The van der Waals surface area contributed by atoms with Gasteiger partial charge in [0, 0.05) is 13.0 Å². The van der Waals surface area contributed by atoms with Crippen LogP contribution >= 0.6 is 8.69 Å². The highest BCUT2D eigenvalue weighted by atomic mass is 31.1. The van der Waals surface area contributed by atoms with E-state index in [0.717, 1.165) is 12.8 Å². The lowest BCUT2D eigenvalue weighted by Gasteiger charge is -2.10. The van der Waals surface area contributed by atoms with Crippen molar-refractivity contribution in [2.24, 2.45) is 5.73 Å². The average molecular weight is 348 g/mol. The zero-order valence-corrected chi connectivity index (χ0v) is 16.2. The van der Waals surface area contributed by atoms with Crippen molar-refractivity contribution in [1.82, 2.24) is 0 Å². The van der Waals surface area contributed by atoms with E-state index in [0.29, 0.717) is 13.2 Å². The van der Waals surface area contributed by atoms with Crippen molar-refractivity contribution < 1.29 is 13.8 Å². The van der Waals surface area contributed by atoms with Gasteiger partial charge in [-0.05, 0) is 11.0 Å². The van der Waals surface area contributed by atoms with Crippen molar-refractivity contribution in [3.8, 4) is 0 Å². The third kappa shape index (κ3) is 18.2. The molecule has 0 aromatic rings. The minimum Gasteiger partial charge on any atom is -0.347 e. The van der Waals surface area contributed by atoms with E-state index >= 15 is 0 Å². The molecule has 23 heavy (non-hydrogen) atoms. The maximum Gasteiger partial charge on any atom is 0.496 e. The van der Waals surface area contributed by atoms with Crippen LogP contribution in [0.3, 0.4) is 0 Å². The molecule has 5 heteroatoms. The van der Waals surface area contributed by atoms with Crippen molar-refractivity contribution in [1.29, 1.82) is 0 Å². The molecule has 0 radical (unpaired) electrons. The van der Waals surface area contributed by atoms with Gasteiger partial charge in [0.2, 0.25) is 6.29 Å². The summed E-state index contributed by atoms with van der Waals surface area (Å²) in [5.41, 5.74) is 5.39. The fourth-order valence-corrected chi connectivity index (χ4v) is 3.05. The highest BCUT2D eigenvalue weighted by Crippen LogP contribution is 2.16. The molecule has 4 nitrogen and oxygen atoms in total. The molecule has 0 aliphatic carbocycles. The van der Waals surface area contributed by atoms with Crippen LogP contribution in [0.25, 0.3) is 0 Å². The smallest absolute Gasteiger partial charge is 0.347 e. The van der Waals surface area contributed by atoms with Gasteiger partial charge in [-0.2, -0.15) is 0 Å². The Morgan fingerprint density at radius 2 is 1.30 bits per heavy atom. The molecular formula is C18H39NO3P+. The van der Waals surface area contributed by atoms with Gasteiger partial charge in [0.1, 0.15) is 0 Å². The normalized spacial score (nSPS) is 12.8. The summed E-state index contributed by atoms with van der Waals surface area (Å²) in [5.74, 6) is 0. The maximum absolute atomic E-state index is 10.5. The second kappa shape index (κ2) is 20.0. The predicted octanol–water partition coefficient (Wildman–Crippen LogP) is 5.72. The lowest BCUT2D eigenvalue weighted by Crippen LogP contribution is -2.18. The van der Waals surface area contributed by atoms with E-state index < -0.39 is 8.69 Å². The quantitative estimate of drug-likeness (QED) is 0.184. The summed E-state index contributed by atoms with van der Waals surface area (Å²) in [5, 5.41) is 0. The summed E-state index contributed by atoms with van der Waals surface area (Å²) in [4.78, 5) is 0. The topological polar surface area (TPSA) is 61.6 Å². The largest absolute Gasteiger partial charge is 0.496 e. The zero-order chi connectivity index (χ0) is 17.0. The molecule has 2 unspecified atom stereocenters. The lowest BCUT2D eigenvalue weighted by molar-refractivity contribution is -0.0759. The first-order valence-corrected chi connectivity index (χ1v) is 10.5. The van der Waals surface area contributed by atoms with Crippen molar-refractivity contribution in [3.05, 3.63) is 0 Å². The Balaban J connectivity index is 3.23. The molecule has 0 saturated heterocycles. The third-order valence-corrected chi connectivity index (χ3v) is 4.50. The molecular weight excluding hydrogens is 309 g/mol. The van der Waals surface area contributed by atoms with Crippen LogP contribution in [-0.4, -0.2) is 19.4 Å². The predicted molar refractivity (Wildman–Crippen MR) is 99.2 cm³/mol. The number of hydrogen-bond acceptors (Lipinski definition) is 4. The van der Waals surface area contributed by atoms with E-state index in [4.69, 9.17) is 15.0 Å². The second-order valence-electron chi connectivity index (χ2n) is 6.32. The SMILES string of the molecule is CCCCCCCCCCCCCCCC(OCCN)O[PH+]=O. The molecule has 0 amide bonds. The summed E-state index contributed by atoms with van der Waals surface area (Å²) in [7, 11) is -0.755. The zero-order valence-electron chi connectivity index (χ0n) is 15.2. The van der Waals surface area contributed by atoms with Gasteiger partial charge in [-0.25, -0.2) is 0 Å². The standard InChI is InChI=1S/C18H39NO3P/c1-2-3-4-5-6-7-8-9-10-11-12-13-14-15-18(22-23-20)21-17-16-19/h18,23H,2-17,19H2,1H3/q+1. The lowest BCUT2D eigenvalue weighted by atomic mass is 10.0. The van der Waals surface area contributed by atoms with E-state index in [1.165, 1.54) is 77.0 Å². The summed E-state index contributed by atoms with van der Waals surface area (Å²) in [6.07, 6.45) is 17.9. The van der Waals surface area contributed by atoms with Gasteiger partial charge in [-0.3, -0.25) is 0 Å². The molecule has 0 aromatic carbocycles. The van der Waals surface area contributed by atoms with Crippen molar-refractivity contribution in [2.75, 3.05) is 13.2 Å². The Morgan fingerprint density at radius 1 is 0.826 bits per heavy atom. The van der Waals surface area contributed by atoms with Crippen LogP contribution < -0.4 is 5.73 Å². The molecule has 2 atom stereocenters. The maximum atomic E-state index is 10.5. The van der Waals surface area contributed by atoms with Gasteiger partial charge < -0.3 is 10.5 Å². The molecule has 0 spiro atoms. The monoisotopic (exact) mass is 348 g/mol. The molecule has 0 heterocycles. The molecule has 138 valence electrons. The fraction of sp³-hybridized carbons (Fsp3) is 1.00. The molecule has 0 bridgehead atoms. The van der Waals surface area contributed by atoms with Crippen LogP contribution in [0.2, 0.25) is 0 Å². The molecule has 2 N–H and O–H groups in total. The number of ether oxygens (including phenoxy) is 1. The van der Waals surface area contributed by atoms with E-state index in [1.807, 2.05) is 0 Å². The van der Waals surface area contributed by atoms with Crippen LogP contribution in [0.1, 0.15) is 96.8 Å². The third-order valence-electron chi connectivity index (χ3n) is 4.14. The highest BCUT2D eigenvalue weighted by molar-refractivity contribution is 7.17. The molecule has 0 aliphatic rings. The van der Waals surface area contributed by atoms with Crippen LogP contribution in [0.5, 0.6) is 0 Å². The molecule has 0 fully saturated rings. The van der Waals surface area contributed by atoms with Crippen molar-refractivity contribution in [3.63, 3.8) is 0 Å². The van der Waals surface area contributed by atoms with E-state index in [1.54, 1.807) is 0 Å². The minimum atomic E-state index is -0.755. The van der Waals surface area contributed by atoms with Gasteiger partial charge in [0.25, 0.3) is 0 Å². The van der Waals surface area contributed by atoms with Gasteiger partial charge in [0.15, 0.2) is 0 Å². The minimum absolute atomic E-state index is 0.345. The number of hydrogen-bond donors (Lipinski definition) is 1. The van der Waals surface area contributed by atoms with Gasteiger partial charge >= 0.3 is 8.69 Å². The number of unbranched alkanes of at least 4 members (excludes halogenated alkanes) is 12. The Kier molecular flexibility index (Phi) is 20.0. The Morgan fingerprint density at radius 3 is 1.74 bits per heavy atom. The second-order valence-corrected chi connectivity index (χ2v) is 6.72. The first kappa shape index (κ1) is 23.0. The van der Waals surface area contributed by atoms with Crippen LogP contribution in [0, 0.1) is 0 Å². The van der Waals surface area contributed by atoms with Crippen molar-refractivity contribution in [2.45, 2.75) is 103 Å². The molecule has 0 aliphatic heterocycles. The van der Waals surface area contributed by atoms with E-state index in [9.17, 15) is 4.57 Å². The molecule has 0 aromatic heterocycles. The summed E-state index contributed by atoms with van der Waals surface area (Å²) >= 11 is 0. The average Bonchev–Trinajstić information content (AvgIpc) is 2.56. The Hall–Kier alpha value is -0.0200. The first-order valence-electron chi connectivity index (χ1n) is 9.69. The van der Waals surface area contributed by atoms with Gasteiger partial charge in [-0.15, -0.1) is 4.52 Å². The highest BCUT2D eigenvalue weighted by Gasteiger charge is 2.13. The van der Waals surface area contributed by atoms with Gasteiger partial charge in [0.05, 0.1) is 6.61 Å². The van der Waals surface area contributed by atoms with E-state index in [2.05, 4.69) is 6.92 Å². The Bertz CT molecular complexity index is 242. The fourth-order valence-electron chi connectivity index (χ4n) is 2.76.